The van der Waals surface area contributed by atoms with Crippen LogP contribution in [0, 0.1) is 5.92 Å². The number of rotatable bonds is 8. The number of hydrogen-bond donors (Lipinski definition) is 1. The van der Waals surface area contributed by atoms with E-state index in [4.69, 9.17) is 9.47 Å². The first kappa shape index (κ1) is 21.5. The average Bonchev–Trinajstić information content (AvgIpc) is 2.67. The third-order valence-corrected chi connectivity index (χ3v) is 6.59. The lowest BCUT2D eigenvalue weighted by Crippen LogP contribution is -2.44. The predicted molar refractivity (Wildman–Crippen MR) is 103 cm³/mol. The van der Waals surface area contributed by atoms with Gasteiger partial charge in [-0.1, -0.05) is 0 Å². The maximum atomic E-state index is 13.0. The average molecular weight is 400 g/mol. The van der Waals surface area contributed by atoms with Crippen molar-refractivity contribution in [3.63, 3.8) is 0 Å². The number of methoxy groups -OCH3 is 2. The number of carbonyl (C=O) groups is 1. The van der Waals surface area contributed by atoms with Crippen LogP contribution in [0.4, 0.5) is 0 Å². The van der Waals surface area contributed by atoms with Crippen molar-refractivity contribution in [1.82, 2.24) is 14.5 Å². The molecule has 0 aliphatic carbocycles. The number of carbonyl (C=O) groups excluding carboxylic acids is 1. The van der Waals surface area contributed by atoms with Crippen LogP contribution in [0.3, 0.4) is 0 Å². The molecule has 1 saturated heterocycles. The zero-order chi connectivity index (χ0) is 20.0. The Bertz CT molecular complexity index is 743. The highest BCUT2D eigenvalue weighted by atomic mass is 32.2. The van der Waals surface area contributed by atoms with Crippen molar-refractivity contribution >= 4 is 15.9 Å². The van der Waals surface area contributed by atoms with Crippen molar-refractivity contribution in [3.05, 3.63) is 18.2 Å². The third kappa shape index (κ3) is 5.33. The van der Waals surface area contributed by atoms with Crippen molar-refractivity contribution in [1.29, 1.82) is 0 Å². The summed E-state index contributed by atoms with van der Waals surface area (Å²) in [5.74, 6) is 0.558. The van der Waals surface area contributed by atoms with Gasteiger partial charge in [0.05, 0.1) is 14.2 Å². The van der Waals surface area contributed by atoms with E-state index in [0.717, 1.165) is 6.54 Å². The summed E-state index contributed by atoms with van der Waals surface area (Å²) in [6.45, 7) is 1.96. The van der Waals surface area contributed by atoms with Crippen LogP contribution < -0.4 is 14.8 Å². The topological polar surface area (TPSA) is 88.2 Å². The zero-order valence-corrected chi connectivity index (χ0v) is 17.2. The van der Waals surface area contributed by atoms with Crippen molar-refractivity contribution in [3.8, 4) is 11.5 Å². The van der Waals surface area contributed by atoms with Gasteiger partial charge in [0.1, 0.15) is 16.4 Å². The molecule has 0 saturated carbocycles. The molecule has 1 aliphatic rings. The summed E-state index contributed by atoms with van der Waals surface area (Å²) in [5.41, 5.74) is 0. The molecule has 2 rings (SSSR count). The lowest BCUT2D eigenvalue weighted by molar-refractivity contribution is -0.126. The Hall–Kier alpha value is -1.84. The van der Waals surface area contributed by atoms with Gasteiger partial charge in [0.2, 0.25) is 15.9 Å². The molecule has 1 aromatic rings. The number of nitrogens with zero attached hydrogens (tertiary/aromatic N) is 2. The number of likely N-dealkylation sites (N-methyl/N-ethyl adjacent to an activating group) is 1. The van der Waals surface area contributed by atoms with Crippen LogP contribution in [0.25, 0.3) is 0 Å². The van der Waals surface area contributed by atoms with E-state index in [1.54, 1.807) is 12.1 Å². The minimum atomic E-state index is -3.72. The normalized spacial score (nSPS) is 16.3. The standard InChI is InChI=1S/C18H29N3O5S/c1-20(2)12-9-19-18(22)14-7-10-21(11-8-14)27(23,24)17-13-15(25-3)5-6-16(17)26-4/h5-6,13-14H,7-12H2,1-4H3,(H,19,22). The van der Waals surface area contributed by atoms with Crippen molar-refractivity contribution < 1.29 is 22.7 Å². The van der Waals surface area contributed by atoms with Gasteiger partial charge in [0.15, 0.2) is 0 Å². The lowest BCUT2D eigenvalue weighted by atomic mass is 9.97. The molecule has 1 fully saturated rings. The molecule has 0 aromatic heterocycles. The maximum absolute atomic E-state index is 13.0. The minimum absolute atomic E-state index is 0.00661. The van der Waals surface area contributed by atoms with E-state index in [2.05, 4.69) is 5.32 Å². The first-order valence-corrected chi connectivity index (χ1v) is 10.4. The monoisotopic (exact) mass is 399 g/mol. The van der Waals surface area contributed by atoms with Crippen LogP contribution in [0.15, 0.2) is 23.1 Å². The van der Waals surface area contributed by atoms with E-state index in [9.17, 15) is 13.2 Å². The molecule has 152 valence electrons. The molecule has 1 N–H and O–H groups in total. The van der Waals surface area contributed by atoms with E-state index >= 15 is 0 Å². The van der Waals surface area contributed by atoms with Crippen molar-refractivity contribution in [2.45, 2.75) is 17.7 Å². The van der Waals surface area contributed by atoms with Crippen LogP contribution in [-0.2, 0) is 14.8 Å². The molecule has 1 aromatic carbocycles. The molecule has 0 bridgehead atoms. The molecule has 0 unspecified atom stereocenters. The highest BCUT2D eigenvalue weighted by Gasteiger charge is 2.33. The molecule has 1 aliphatic heterocycles. The molecule has 27 heavy (non-hydrogen) atoms. The van der Waals surface area contributed by atoms with E-state index in [0.29, 0.717) is 38.2 Å². The van der Waals surface area contributed by atoms with Gasteiger partial charge in [-0.25, -0.2) is 8.42 Å². The fourth-order valence-corrected chi connectivity index (χ4v) is 4.67. The van der Waals surface area contributed by atoms with E-state index in [1.807, 2.05) is 19.0 Å². The van der Waals surface area contributed by atoms with Gasteiger partial charge < -0.3 is 19.7 Å². The molecule has 0 spiro atoms. The number of nitrogens with one attached hydrogen (secondary N) is 1. The zero-order valence-electron chi connectivity index (χ0n) is 16.4. The van der Waals surface area contributed by atoms with E-state index < -0.39 is 10.0 Å². The van der Waals surface area contributed by atoms with E-state index in [-0.39, 0.29) is 22.5 Å². The highest BCUT2D eigenvalue weighted by Crippen LogP contribution is 2.32. The van der Waals surface area contributed by atoms with Gasteiger partial charge in [0.25, 0.3) is 0 Å². The van der Waals surface area contributed by atoms with Gasteiger partial charge in [-0.3, -0.25) is 4.79 Å². The largest absolute Gasteiger partial charge is 0.497 e. The lowest BCUT2D eigenvalue weighted by Gasteiger charge is -2.31. The molecule has 9 heteroatoms. The smallest absolute Gasteiger partial charge is 0.246 e. The SMILES string of the molecule is COc1ccc(OC)c(S(=O)(=O)N2CCC(C(=O)NCCN(C)C)CC2)c1. The first-order valence-electron chi connectivity index (χ1n) is 8.94. The number of sulfonamides is 1. The van der Waals surface area contributed by atoms with Crippen LogP contribution in [0.1, 0.15) is 12.8 Å². The molecular weight excluding hydrogens is 370 g/mol. The Morgan fingerprint density at radius 3 is 2.44 bits per heavy atom. The third-order valence-electron chi connectivity index (χ3n) is 4.67. The number of benzene rings is 1. The Labute approximate surface area is 161 Å². The summed E-state index contributed by atoms with van der Waals surface area (Å²) in [4.78, 5) is 14.3. The Kier molecular flexibility index (Phi) is 7.46. The quantitative estimate of drug-likeness (QED) is 0.695. The minimum Gasteiger partial charge on any atom is -0.497 e. The van der Waals surface area contributed by atoms with Crippen molar-refractivity contribution in [2.75, 3.05) is 54.5 Å². The van der Waals surface area contributed by atoms with Crippen LogP contribution in [0.5, 0.6) is 11.5 Å². The number of hydrogen-bond acceptors (Lipinski definition) is 6. The molecule has 8 nitrogen and oxygen atoms in total. The summed E-state index contributed by atoms with van der Waals surface area (Å²) >= 11 is 0. The molecule has 0 radical (unpaired) electrons. The Balaban J connectivity index is 2.03. The first-order chi connectivity index (χ1) is 12.8. The summed E-state index contributed by atoms with van der Waals surface area (Å²) in [6, 6.07) is 4.70. The van der Waals surface area contributed by atoms with Gasteiger partial charge in [-0.05, 0) is 39.1 Å². The second kappa shape index (κ2) is 9.38. The van der Waals surface area contributed by atoms with Crippen LogP contribution >= 0.6 is 0 Å². The van der Waals surface area contributed by atoms with Crippen molar-refractivity contribution in [2.24, 2.45) is 5.92 Å². The predicted octanol–water partition coefficient (Wildman–Crippen LogP) is 0.782. The molecule has 1 amide bonds. The molecule has 0 atom stereocenters. The van der Waals surface area contributed by atoms with Gasteiger partial charge >= 0.3 is 0 Å². The fraction of sp³-hybridized carbons (Fsp3) is 0.611. The number of piperidine rings is 1. The van der Waals surface area contributed by atoms with Gasteiger partial charge in [-0.15, -0.1) is 0 Å². The van der Waals surface area contributed by atoms with Gasteiger partial charge in [-0.2, -0.15) is 4.31 Å². The number of ether oxygens (including phenoxy) is 2. The van der Waals surface area contributed by atoms with Crippen LogP contribution in [0.2, 0.25) is 0 Å². The summed E-state index contributed by atoms with van der Waals surface area (Å²) in [5, 5.41) is 2.92. The molecular formula is C18H29N3O5S. The summed E-state index contributed by atoms with van der Waals surface area (Å²) < 4.78 is 37.9. The number of amides is 1. The Morgan fingerprint density at radius 2 is 1.89 bits per heavy atom. The van der Waals surface area contributed by atoms with Gasteiger partial charge in [0, 0.05) is 38.2 Å². The summed E-state index contributed by atoms with van der Waals surface area (Å²) in [7, 11) is 3.09. The highest BCUT2D eigenvalue weighted by molar-refractivity contribution is 7.89. The van der Waals surface area contributed by atoms with Crippen LogP contribution in [-0.4, -0.2) is 78.0 Å². The fourth-order valence-electron chi connectivity index (χ4n) is 3.03. The maximum Gasteiger partial charge on any atom is 0.246 e. The Morgan fingerprint density at radius 1 is 1.22 bits per heavy atom. The van der Waals surface area contributed by atoms with E-state index in [1.165, 1.54) is 24.6 Å². The second-order valence-electron chi connectivity index (χ2n) is 6.79. The molecule has 1 heterocycles. The summed E-state index contributed by atoms with van der Waals surface area (Å²) in [6.07, 6.45) is 0.999. The second-order valence-corrected chi connectivity index (χ2v) is 8.70.